The van der Waals surface area contributed by atoms with Crippen molar-refractivity contribution >= 4 is 34.6 Å². The fourth-order valence-corrected chi connectivity index (χ4v) is 3.43. The highest BCUT2D eigenvalue weighted by molar-refractivity contribution is 7.99. The molecule has 3 aromatic rings. The molecule has 2 aromatic carbocycles. The van der Waals surface area contributed by atoms with E-state index in [1.165, 1.54) is 4.57 Å². The molecule has 8 heteroatoms. The van der Waals surface area contributed by atoms with Gasteiger partial charge in [0.15, 0.2) is 5.16 Å². The third kappa shape index (κ3) is 4.17. The molecule has 1 heterocycles. The van der Waals surface area contributed by atoms with E-state index in [1.54, 1.807) is 24.3 Å². The highest BCUT2D eigenvalue weighted by Gasteiger charge is 2.15. The second-order valence-electron chi connectivity index (χ2n) is 5.77. The number of hydrogen-bond donors (Lipinski definition) is 2. The van der Waals surface area contributed by atoms with Gasteiger partial charge in [-0.25, -0.2) is 9.78 Å². The van der Waals surface area contributed by atoms with Crippen LogP contribution in [0.3, 0.4) is 0 Å². The molecule has 0 saturated carbocycles. The lowest BCUT2D eigenvalue weighted by atomic mass is 10.1. The van der Waals surface area contributed by atoms with Crippen molar-refractivity contribution in [1.29, 1.82) is 0 Å². The SMILES string of the molecule is CCc1ccc(-n2c(SCC(=O)NC(N)=O)nc3ccccc3c2=O)cc1. The van der Waals surface area contributed by atoms with Gasteiger partial charge in [-0.2, -0.15) is 0 Å². The zero-order chi connectivity index (χ0) is 19.4. The first-order chi connectivity index (χ1) is 13.0. The number of carbonyl (C=O) groups excluding carboxylic acids is 2. The maximum atomic E-state index is 13.1. The lowest BCUT2D eigenvalue weighted by Crippen LogP contribution is -2.36. The number of rotatable bonds is 5. The van der Waals surface area contributed by atoms with Gasteiger partial charge in [0, 0.05) is 0 Å². The standard InChI is InChI=1S/C19H18N4O3S/c1-2-12-7-9-13(10-8-12)23-17(25)14-5-3-4-6-15(14)21-19(23)27-11-16(24)22-18(20)26/h3-10H,2,11H2,1H3,(H3,20,22,24,26). The molecule has 3 N–H and O–H groups in total. The summed E-state index contributed by atoms with van der Waals surface area (Å²) >= 11 is 1.06. The van der Waals surface area contributed by atoms with Gasteiger partial charge in [0.05, 0.1) is 22.3 Å². The zero-order valence-electron chi connectivity index (χ0n) is 14.6. The average molecular weight is 382 g/mol. The van der Waals surface area contributed by atoms with Gasteiger partial charge in [-0.3, -0.25) is 19.5 Å². The molecule has 0 saturated heterocycles. The van der Waals surface area contributed by atoms with Crippen molar-refractivity contribution in [3.05, 3.63) is 64.4 Å². The lowest BCUT2D eigenvalue weighted by molar-refractivity contribution is -0.117. The van der Waals surface area contributed by atoms with Gasteiger partial charge in [-0.1, -0.05) is 43.0 Å². The van der Waals surface area contributed by atoms with Crippen molar-refractivity contribution in [3.8, 4) is 5.69 Å². The maximum absolute atomic E-state index is 13.1. The van der Waals surface area contributed by atoms with Gasteiger partial charge in [0.25, 0.3) is 5.56 Å². The van der Waals surface area contributed by atoms with Crippen LogP contribution in [0.5, 0.6) is 0 Å². The topological polar surface area (TPSA) is 107 Å². The van der Waals surface area contributed by atoms with Crippen molar-refractivity contribution in [3.63, 3.8) is 0 Å². The molecule has 27 heavy (non-hydrogen) atoms. The molecule has 0 fully saturated rings. The molecule has 3 rings (SSSR count). The minimum absolute atomic E-state index is 0.0965. The Morgan fingerprint density at radius 2 is 1.85 bits per heavy atom. The molecule has 0 spiro atoms. The number of hydrogen-bond acceptors (Lipinski definition) is 5. The molecule has 0 atom stereocenters. The predicted molar refractivity (Wildman–Crippen MR) is 105 cm³/mol. The summed E-state index contributed by atoms with van der Waals surface area (Å²) < 4.78 is 1.48. The number of urea groups is 1. The smallest absolute Gasteiger partial charge is 0.318 e. The summed E-state index contributed by atoms with van der Waals surface area (Å²) in [6, 6.07) is 13.7. The molecule has 0 unspecified atom stereocenters. The van der Waals surface area contributed by atoms with Crippen LogP contribution in [0.1, 0.15) is 12.5 Å². The first kappa shape index (κ1) is 18.7. The van der Waals surface area contributed by atoms with Crippen LogP contribution < -0.4 is 16.6 Å². The number of aryl methyl sites for hydroxylation is 1. The van der Waals surface area contributed by atoms with Crippen LogP contribution in [-0.2, 0) is 11.2 Å². The Morgan fingerprint density at radius 1 is 1.15 bits per heavy atom. The monoisotopic (exact) mass is 382 g/mol. The highest BCUT2D eigenvalue weighted by atomic mass is 32.2. The molecule has 0 aliphatic heterocycles. The Bertz CT molecular complexity index is 1060. The van der Waals surface area contributed by atoms with E-state index in [0.29, 0.717) is 21.7 Å². The number of nitrogens with zero attached hydrogens (tertiary/aromatic N) is 2. The van der Waals surface area contributed by atoms with E-state index < -0.39 is 11.9 Å². The summed E-state index contributed by atoms with van der Waals surface area (Å²) in [6.07, 6.45) is 0.889. The Balaban J connectivity index is 2.07. The number of para-hydroxylation sites is 1. The number of aromatic nitrogens is 2. The highest BCUT2D eigenvalue weighted by Crippen LogP contribution is 2.21. The molecule has 0 radical (unpaired) electrons. The number of thioether (sulfide) groups is 1. The molecular formula is C19H18N4O3S. The van der Waals surface area contributed by atoms with Gasteiger partial charge >= 0.3 is 6.03 Å². The van der Waals surface area contributed by atoms with E-state index in [1.807, 2.05) is 29.6 Å². The summed E-state index contributed by atoms with van der Waals surface area (Å²) in [7, 11) is 0. The van der Waals surface area contributed by atoms with Gasteiger partial charge in [0.2, 0.25) is 5.91 Å². The number of amides is 3. The van der Waals surface area contributed by atoms with Crippen LogP contribution >= 0.6 is 11.8 Å². The fraction of sp³-hybridized carbons (Fsp3) is 0.158. The van der Waals surface area contributed by atoms with Crippen molar-refractivity contribution in [2.75, 3.05) is 5.75 Å². The third-order valence-electron chi connectivity index (χ3n) is 3.94. The van der Waals surface area contributed by atoms with Crippen molar-refractivity contribution < 1.29 is 9.59 Å². The summed E-state index contributed by atoms with van der Waals surface area (Å²) in [4.78, 5) is 40.2. The van der Waals surface area contributed by atoms with Gasteiger partial charge in [0.1, 0.15) is 0 Å². The van der Waals surface area contributed by atoms with Crippen LogP contribution in [0.2, 0.25) is 0 Å². The molecule has 7 nitrogen and oxygen atoms in total. The maximum Gasteiger partial charge on any atom is 0.318 e. The number of primary amides is 1. The van der Waals surface area contributed by atoms with Crippen molar-refractivity contribution in [2.24, 2.45) is 5.73 Å². The number of nitrogens with two attached hydrogens (primary N) is 1. The van der Waals surface area contributed by atoms with Gasteiger partial charge in [-0.15, -0.1) is 0 Å². The largest absolute Gasteiger partial charge is 0.351 e. The van der Waals surface area contributed by atoms with E-state index in [9.17, 15) is 14.4 Å². The summed E-state index contributed by atoms with van der Waals surface area (Å²) in [5.41, 5.74) is 7.09. The van der Waals surface area contributed by atoms with Crippen LogP contribution in [0.4, 0.5) is 4.79 Å². The lowest BCUT2D eigenvalue weighted by Gasteiger charge is -2.13. The van der Waals surface area contributed by atoms with Crippen LogP contribution in [0, 0.1) is 0 Å². The van der Waals surface area contributed by atoms with Crippen molar-refractivity contribution in [1.82, 2.24) is 14.9 Å². The minimum atomic E-state index is -0.917. The molecule has 138 valence electrons. The number of benzene rings is 2. The molecule has 3 amide bonds. The van der Waals surface area contributed by atoms with E-state index in [2.05, 4.69) is 11.9 Å². The Labute approximate surface area is 159 Å². The second-order valence-corrected chi connectivity index (χ2v) is 6.72. The first-order valence-corrected chi connectivity index (χ1v) is 9.31. The van der Waals surface area contributed by atoms with Crippen LogP contribution in [0.15, 0.2) is 58.5 Å². The Kier molecular flexibility index (Phi) is 5.56. The molecule has 0 bridgehead atoms. The van der Waals surface area contributed by atoms with Gasteiger partial charge < -0.3 is 5.73 Å². The Hall–Kier alpha value is -3.13. The third-order valence-corrected chi connectivity index (χ3v) is 4.88. The number of fused-ring (bicyclic) bond motifs is 1. The predicted octanol–water partition coefficient (Wildman–Crippen LogP) is 2.24. The molecule has 1 aromatic heterocycles. The minimum Gasteiger partial charge on any atom is -0.351 e. The van der Waals surface area contributed by atoms with E-state index >= 15 is 0 Å². The zero-order valence-corrected chi connectivity index (χ0v) is 15.5. The normalized spacial score (nSPS) is 10.7. The van der Waals surface area contributed by atoms with Crippen LogP contribution in [-0.4, -0.2) is 27.2 Å². The number of nitrogens with one attached hydrogen (secondary N) is 1. The first-order valence-electron chi connectivity index (χ1n) is 8.32. The van der Waals surface area contributed by atoms with E-state index in [-0.39, 0.29) is 11.3 Å². The number of imide groups is 1. The second kappa shape index (κ2) is 8.05. The van der Waals surface area contributed by atoms with E-state index in [0.717, 1.165) is 23.7 Å². The molecule has 0 aliphatic rings. The summed E-state index contributed by atoms with van der Waals surface area (Å²) in [6.45, 7) is 2.05. The van der Waals surface area contributed by atoms with Gasteiger partial charge in [-0.05, 0) is 36.2 Å². The Morgan fingerprint density at radius 3 is 2.52 bits per heavy atom. The summed E-state index contributed by atoms with van der Waals surface area (Å²) in [5, 5.41) is 2.86. The molecule has 0 aliphatic carbocycles. The fourth-order valence-electron chi connectivity index (χ4n) is 2.62. The average Bonchev–Trinajstić information content (AvgIpc) is 2.66. The number of carbonyl (C=O) groups is 2. The quantitative estimate of drug-likeness (QED) is 0.520. The molecular weight excluding hydrogens is 364 g/mol. The van der Waals surface area contributed by atoms with Crippen LogP contribution in [0.25, 0.3) is 16.6 Å². The van der Waals surface area contributed by atoms with Crippen molar-refractivity contribution in [2.45, 2.75) is 18.5 Å². The summed E-state index contributed by atoms with van der Waals surface area (Å²) in [5.74, 6) is -0.649. The van der Waals surface area contributed by atoms with E-state index in [4.69, 9.17) is 5.73 Å².